The van der Waals surface area contributed by atoms with Crippen LogP contribution in [0.1, 0.15) is 27.7 Å². The number of rotatable bonds is 2. The standard InChI is InChI=1S/C16H21NO2S/c1-11(15(18)19)17-10-9-14(16(2,3)4)20-13-8-6-5-7-12(13)17/h5-9,11H,10H2,1-4H3,(H,18,19). The number of para-hydroxylation sites is 1. The average molecular weight is 291 g/mol. The van der Waals surface area contributed by atoms with Crippen LogP contribution in [0.3, 0.4) is 0 Å². The summed E-state index contributed by atoms with van der Waals surface area (Å²) in [5.74, 6) is -0.794. The first-order valence-corrected chi connectivity index (χ1v) is 7.59. The zero-order chi connectivity index (χ0) is 14.9. The lowest BCUT2D eigenvalue weighted by Gasteiger charge is -2.27. The van der Waals surface area contributed by atoms with Gasteiger partial charge >= 0.3 is 5.97 Å². The van der Waals surface area contributed by atoms with Crippen LogP contribution in [0.4, 0.5) is 5.69 Å². The Labute approximate surface area is 124 Å². The minimum atomic E-state index is -0.794. The number of hydrogen-bond donors (Lipinski definition) is 1. The summed E-state index contributed by atoms with van der Waals surface area (Å²) in [4.78, 5) is 15.7. The Kier molecular flexibility index (Phi) is 4.14. The van der Waals surface area contributed by atoms with Crippen molar-refractivity contribution in [3.05, 3.63) is 35.2 Å². The summed E-state index contributed by atoms with van der Waals surface area (Å²) in [6, 6.07) is 7.49. The number of fused-ring (bicyclic) bond motifs is 1. The largest absolute Gasteiger partial charge is 0.480 e. The second-order valence-electron chi connectivity index (χ2n) is 6.05. The van der Waals surface area contributed by atoms with E-state index in [0.29, 0.717) is 6.54 Å². The van der Waals surface area contributed by atoms with Gasteiger partial charge in [-0.2, -0.15) is 0 Å². The molecule has 1 aromatic carbocycles. The molecule has 1 aliphatic heterocycles. The van der Waals surface area contributed by atoms with Crippen molar-refractivity contribution < 1.29 is 9.90 Å². The van der Waals surface area contributed by atoms with E-state index < -0.39 is 12.0 Å². The lowest BCUT2D eigenvalue weighted by molar-refractivity contribution is -0.138. The predicted octanol–water partition coefficient (Wildman–Crippen LogP) is 4.00. The van der Waals surface area contributed by atoms with Gasteiger partial charge in [0.15, 0.2) is 0 Å². The molecular weight excluding hydrogens is 270 g/mol. The molecule has 0 saturated carbocycles. The van der Waals surface area contributed by atoms with Gasteiger partial charge in [0.05, 0.1) is 5.69 Å². The van der Waals surface area contributed by atoms with Crippen LogP contribution in [0.15, 0.2) is 40.1 Å². The summed E-state index contributed by atoms with van der Waals surface area (Å²) >= 11 is 1.74. The summed E-state index contributed by atoms with van der Waals surface area (Å²) in [7, 11) is 0. The van der Waals surface area contributed by atoms with Gasteiger partial charge in [-0.3, -0.25) is 0 Å². The van der Waals surface area contributed by atoms with Crippen LogP contribution in [0, 0.1) is 5.41 Å². The van der Waals surface area contributed by atoms with Gasteiger partial charge in [0.1, 0.15) is 6.04 Å². The number of hydrogen-bond acceptors (Lipinski definition) is 3. The van der Waals surface area contributed by atoms with Crippen LogP contribution < -0.4 is 4.90 Å². The van der Waals surface area contributed by atoms with Gasteiger partial charge in [-0.05, 0) is 29.4 Å². The van der Waals surface area contributed by atoms with Gasteiger partial charge in [0.25, 0.3) is 0 Å². The quantitative estimate of drug-likeness (QED) is 0.894. The smallest absolute Gasteiger partial charge is 0.326 e. The highest BCUT2D eigenvalue weighted by Gasteiger charge is 2.27. The Balaban J connectivity index is 2.46. The van der Waals surface area contributed by atoms with Crippen LogP contribution in [-0.4, -0.2) is 23.7 Å². The van der Waals surface area contributed by atoms with Crippen molar-refractivity contribution in [2.45, 2.75) is 38.6 Å². The third kappa shape index (κ3) is 3.01. The fourth-order valence-electron chi connectivity index (χ4n) is 2.18. The maximum atomic E-state index is 11.3. The van der Waals surface area contributed by atoms with E-state index in [1.807, 2.05) is 23.1 Å². The first kappa shape index (κ1) is 15.0. The van der Waals surface area contributed by atoms with E-state index in [2.05, 4.69) is 32.9 Å². The topological polar surface area (TPSA) is 40.5 Å². The van der Waals surface area contributed by atoms with E-state index in [1.54, 1.807) is 18.7 Å². The number of nitrogens with zero attached hydrogens (tertiary/aromatic N) is 1. The van der Waals surface area contributed by atoms with Crippen molar-refractivity contribution >= 4 is 23.4 Å². The molecule has 2 rings (SSSR count). The molecule has 4 heteroatoms. The van der Waals surface area contributed by atoms with E-state index >= 15 is 0 Å². The number of carboxylic acids is 1. The fraction of sp³-hybridized carbons (Fsp3) is 0.438. The molecule has 1 aromatic rings. The Hall–Kier alpha value is -1.42. The highest BCUT2D eigenvalue weighted by atomic mass is 32.2. The third-order valence-corrected chi connectivity index (χ3v) is 5.00. The second-order valence-corrected chi connectivity index (χ2v) is 7.14. The minimum Gasteiger partial charge on any atom is -0.480 e. The molecule has 1 heterocycles. The number of carboxylic acid groups (broad SMARTS) is 1. The van der Waals surface area contributed by atoms with Gasteiger partial charge in [0.2, 0.25) is 0 Å². The molecule has 0 aliphatic carbocycles. The second kappa shape index (κ2) is 5.52. The van der Waals surface area contributed by atoms with E-state index in [-0.39, 0.29) is 5.41 Å². The van der Waals surface area contributed by atoms with Gasteiger partial charge in [-0.1, -0.05) is 50.7 Å². The maximum absolute atomic E-state index is 11.3. The van der Waals surface area contributed by atoms with E-state index in [0.717, 1.165) is 10.6 Å². The Morgan fingerprint density at radius 1 is 1.35 bits per heavy atom. The fourth-order valence-corrected chi connectivity index (χ4v) is 3.32. The molecule has 0 bridgehead atoms. The van der Waals surface area contributed by atoms with Crippen molar-refractivity contribution in [2.24, 2.45) is 5.41 Å². The van der Waals surface area contributed by atoms with E-state index in [1.165, 1.54) is 4.91 Å². The number of carbonyl (C=O) groups is 1. The van der Waals surface area contributed by atoms with Crippen molar-refractivity contribution in [2.75, 3.05) is 11.4 Å². The van der Waals surface area contributed by atoms with Crippen LogP contribution in [-0.2, 0) is 4.79 Å². The summed E-state index contributed by atoms with van der Waals surface area (Å²) < 4.78 is 0. The SMILES string of the molecule is CC(C(=O)O)N1CC=C(C(C)(C)C)Sc2ccccc21. The van der Waals surface area contributed by atoms with Gasteiger partial charge in [0, 0.05) is 11.4 Å². The van der Waals surface area contributed by atoms with Crippen LogP contribution in [0.25, 0.3) is 0 Å². The number of aliphatic carboxylic acids is 1. The average Bonchev–Trinajstić information content (AvgIpc) is 2.56. The number of allylic oxidation sites excluding steroid dienone is 1. The summed E-state index contributed by atoms with van der Waals surface area (Å²) in [6.07, 6.45) is 2.16. The molecule has 0 spiro atoms. The Morgan fingerprint density at radius 2 is 2.00 bits per heavy atom. The zero-order valence-electron chi connectivity index (χ0n) is 12.4. The Bertz CT molecular complexity index is 546. The first-order chi connectivity index (χ1) is 9.30. The molecule has 0 aromatic heterocycles. The predicted molar refractivity (Wildman–Crippen MR) is 84.3 cm³/mol. The van der Waals surface area contributed by atoms with E-state index in [4.69, 9.17) is 0 Å². The number of benzene rings is 1. The first-order valence-electron chi connectivity index (χ1n) is 6.77. The number of thioether (sulfide) groups is 1. The molecule has 0 radical (unpaired) electrons. The van der Waals surface area contributed by atoms with Gasteiger partial charge in [-0.25, -0.2) is 4.79 Å². The molecule has 1 aliphatic rings. The minimum absolute atomic E-state index is 0.0697. The molecule has 20 heavy (non-hydrogen) atoms. The van der Waals surface area contributed by atoms with Crippen molar-refractivity contribution in [1.29, 1.82) is 0 Å². The lowest BCUT2D eigenvalue weighted by Crippen LogP contribution is -2.39. The van der Waals surface area contributed by atoms with Crippen molar-refractivity contribution in [3.63, 3.8) is 0 Å². The maximum Gasteiger partial charge on any atom is 0.326 e. The number of anilines is 1. The molecule has 0 amide bonds. The normalized spacial score (nSPS) is 17.0. The lowest BCUT2D eigenvalue weighted by atomic mass is 9.95. The Morgan fingerprint density at radius 3 is 2.60 bits per heavy atom. The zero-order valence-corrected chi connectivity index (χ0v) is 13.2. The highest BCUT2D eigenvalue weighted by Crippen LogP contribution is 2.44. The molecular formula is C16H21NO2S. The van der Waals surface area contributed by atoms with Crippen LogP contribution in [0.2, 0.25) is 0 Å². The van der Waals surface area contributed by atoms with Gasteiger partial charge in [-0.15, -0.1) is 0 Å². The molecule has 0 saturated heterocycles. The van der Waals surface area contributed by atoms with E-state index in [9.17, 15) is 9.90 Å². The molecule has 1 N–H and O–H groups in total. The monoisotopic (exact) mass is 291 g/mol. The molecule has 108 valence electrons. The molecule has 1 atom stereocenters. The van der Waals surface area contributed by atoms with Gasteiger partial charge < -0.3 is 10.0 Å². The van der Waals surface area contributed by atoms with Crippen LogP contribution in [0.5, 0.6) is 0 Å². The summed E-state index contributed by atoms with van der Waals surface area (Å²) in [6.45, 7) is 8.92. The van der Waals surface area contributed by atoms with Crippen molar-refractivity contribution in [1.82, 2.24) is 0 Å². The highest BCUT2D eigenvalue weighted by molar-refractivity contribution is 8.03. The molecule has 0 fully saturated rings. The molecule has 3 nitrogen and oxygen atoms in total. The summed E-state index contributed by atoms with van der Waals surface area (Å²) in [5, 5.41) is 9.31. The van der Waals surface area contributed by atoms with Crippen LogP contribution >= 0.6 is 11.8 Å². The van der Waals surface area contributed by atoms with Crippen molar-refractivity contribution in [3.8, 4) is 0 Å². The molecule has 1 unspecified atom stereocenters. The third-order valence-electron chi connectivity index (χ3n) is 3.43. The summed E-state index contributed by atoms with van der Waals surface area (Å²) in [5.41, 5.74) is 1.07.